The maximum Gasteiger partial charge on any atom is 0.253 e. The summed E-state index contributed by atoms with van der Waals surface area (Å²) in [4.78, 5) is 26.1. The summed E-state index contributed by atoms with van der Waals surface area (Å²) < 4.78 is 6.09. The number of ether oxygens (including phenoxy) is 1. The SMILES string of the molecule is C=CCCNCCCCCCO[C@H]1CC[C@H](N(C)C(=O)c2ccc(C(C)=O)cc2)CC1. The van der Waals surface area contributed by atoms with E-state index in [9.17, 15) is 9.59 Å². The molecule has 0 saturated heterocycles. The summed E-state index contributed by atoms with van der Waals surface area (Å²) in [6.45, 7) is 8.22. The molecule has 1 aromatic carbocycles. The molecule has 0 aliphatic heterocycles. The fraction of sp³-hybridized carbons (Fsp3) is 0.615. The van der Waals surface area contributed by atoms with Crippen LogP contribution in [0.4, 0.5) is 0 Å². The van der Waals surface area contributed by atoms with Crippen LogP contribution in [0.2, 0.25) is 0 Å². The number of nitrogens with zero attached hydrogens (tertiary/aromatic N) is 1. The topological polar surface area (TPSA) is 58.6 Å². The number of amides is 1. The molecule has 0 aromatic heterocycles. The summed E-state index contributed by atoms with van der Waals surface area (Å²) >= 11 is 0. The van der Waals surface area contributed by atoms with Crippen molar-refractivity contribution >= 4 is 11.7 Å². The van der Waals surface area contributed by atoms with Crippen molar-refractivity contribution in [1.29, 1.82) is 0 Å². The van der Waals surface area contributed by atoms with Crippen molar-refractivity contribution in [3.63, 3.8) is 0 Å². The lowest BCUT2D eigenvalue weighted by Gasteiger charge is -2.34. The van der Waals surface area contributed by atoms with Gasteiger partial charge in [-0.25, -0.2) is 0 Å². The molecule has 0 atom stereocenters. The highest BCUT2D eigenvalue weighted by molar-refractivity contribution is 5.97. The van der Waals surface area contributed by atoms with Crippen LogP contribution in [0.25, 0.3) is 0 Å². The van der Waals surface area contributed by atoms with Gasteiger partial charge in [-0.1, -0.05) is 31.1 Å². The molecule has 0 heterocycles. The van der Waals surface area contributed by atoms with E-state index in [4.69, 9.17) is 4.74 Å². The first-order chi connectivity index (χ1) is 15.0. The van der Waals surface area contributed by atoms with Crippen LogP contribution in [0, 0.1) is 0 Å². The van der Waals surface area contributed by atoms with E-state index in [0.29, 0.717) is 17.2 Å². The Balaban J connectivity index is 1.58. The van der Waals surface area contributed by atoms with Gasteiger partial charge in [0.05, 0.1) is 6.10 Å². The Bertz CT molecular complexity index is 678. The third-order valence-corrected chi connectivity index (χ3v) is 6.18. The molecule has 1 aliphatic rings. The average molecular weight is 429 g/mol. The number of carbonyl (C=O) groups excluding carboxylic acids is 2. The van der Waals surface area contributed by atoms with E-state index < -0.39 is 0 Å². The number of hydrogen-bond donors (Lipinski definition) is 1. The third kappa shape index (κ3) is 8.96. The number of nitrogens with one attached hydrogen (secondary N) is 1. The molecule has 0 unspecified atom stereocenters. The smallest absolute Gasteiger partial charge is 0.253 e. The molecule has 5 heteroatoms. The van der Waals surface area contributed by atoms with Crippen LogP contribution in [-0.4, -0.2) is 55.5 Å². The normalized spacial score (nSPS) is 18.5. The Morgan fingerprint density at radius 3 is 2.32 bits per heavy atom. The first-order valence-corrected chi connectivity index (χ1v) is 11.8. The molecule has 2 rings (SSSR count). The van der Waals surface area contributed by atoms with Gasteiger partial charge in [0.1, 0.15) is 0 Å². The van der Waals surface area contributed by atoms with E-state index >= 15 is 0 Å². The van der Waals surface area contributed by atoms with Crippen LogP contribution >= 0.6 is 0 Å². The van der Waals surface area contributed by atoms with Crippen LogP contribution in [0.15, 0.2) is 36.9 Å². The van der Waals surface area contributed by atoms with E-state index in [-0.39, 0.29) is 17.7 Å². The molecule has 172 valence electrons. The fourth-order valence-corrected chi connectivity index (χ4v) is 4.10. The van der Waals surface area contributed by atoms with Gasteiger partial charge in [-0.2, -0.15) is 0 Å². The molecule has 0 bridgehead atoms. The van der Waals surface area contributed by atoms with E-state index in [1.807, 2.05) is 18.0 Å². The Morgan fingerprint density at radius 1 is 1.03 bits per heavy atom. The predicted molar refractivity (Wildman–Crippen MR) is 127 cm³/mol. The third-order valence-electron chi connectivity index (χ3n) is 6.18. The Labute approximate surface area is 188 Å². The number of Topliss-reactive ketones (excluding diaryl/α,β-unsaturated/α-hetero) is 1. The van der Waals surface area contributed by atoms with Crippen LogP contribution in [0.1, 0.15) is 85.4 Å². The zero-order valence-electron chi connectivity index (χ0n) is 19.4. The highest BCUT2D eigenvalue weighted by Crippen LogP contribution is 2.26. The van der Waals surface area contributed by atoms with Crippen LogP contribution in [-0.2, 0) is 4.74 Å². The zero-order valence-corrected chi connectivity index (χ0v) is 19.4. The fourth-order valence-electron chi connectivity index (χ4n) is 4.10. The monoisotopic (exact) mass is 428 g/mol. The maximum atomic E-state index is 12.8. The van der Waals surface area contributed by atoms with E-state index in [1.54, 1.807) is 24.3 Å². The van der Waals surface area contributed by atoms with Crippen LogP contribution in [0.3, 0.4) is 0 Å². The van der Waals surface area contributed by atoms with Gasteiger partial charge >= 0.3 is 0 Å². The van der Waals surface area contributed by atoms with Gasteiger partial charge in [0.25, 0.3) is 5.91 Å². The van der Waals surface area contributed by atoms with Crippen molar-refractivity contribution < 1.29 is 14.3 Å². The zero-order chi connectivity index (χ0) is 22.5. The second-order valence-corrected chi connectivity index (χ2v) is 8.59. The standard InChI is InChI=1S/C26H40N2O3/c1-4-5-18-27-19-8-6-7-9-20-31-25-16-14-24(15-17-25)28(3)26(30)23-12-10-22(11-13-23)21(2)29/h4,10-13,24-25,27H,1,5-9,14-20H2,2-3H3/t24-,25-. The Kier molecular flexibility index (Phi) is 11.5. The summed E-state index contributed by atoms with van der Waals surface area (Å²) in [6, 6.07) is 7.22. The van der Waals surface area contributed by atoms with Crippen molar-refractivity contribution in [3.05, 3.63) is 48.0 Å². The lowest BCUT2D eigenvalue weighted by molar-refractivity contribution is 0.00911. The number of ketones is 1. The molecule has 5 nitrogen and oxygen atoms in total. The summed E-state index contributed by atoms with van der Waals surface area (Å²) in [5, 5.41) is 3.42. The lowest BCUT2D eigenvalue weighted by atomic mass is 9.91. The van der Waals surface area contributed by atoms with Gasteiger partial charge in [0.2, 0.25) is 0 Å². The van der Waals surface area contributed by atoms with Gasteiger partial charge < -0.3 is 15.0 Å². The summed E-state index contributed by atoms with van der Waals surface area (Å²) in [7, 11) is 1.89. The number of benzene rings is 1. The number of rotatable bonds is 14. The van der Waals surface area contributed by atoms with Crippen molar-refractivity contribution in [3.8, 4) is 0 Å². The molecule has 0 spiro atoms. The minimum absolute atomic E-state index is 0.0157. The van der Waals surface area contributed by atoms with Gasteiger partial charge in [-0.15, -0.1) is 6.58 Å². The number of carbonyl (C=O) groups is 2. The van der Waals surface area contributed by atoms with Gasteiger partial charge in [0, 0.05) is 30.8 Å². The second kappa shape index (κ2) is 14.2. The van der Waals surface area contributed by atoms with Crippen LogP contribution in [0.5, 0.6) is 0 Å². The molecular formula is C26H40N2O3. The quantitative estimate of drug-likeness (QED) is 0.257. The molecule has 1 aromatic rings. The molecule has 1 fully saturated rings. The molecular weight excluding hydrogens is 388 g/mol. The summed E-state index contributed by atoms with van der Waals surface area (Å²) in [6.07, 6.45) is 12.1. The molecule has 1 amide bonds. The average Bonchev–Trinajstić information content (AvgIpc) is 2.80. The molecule has 0 radical (unpaired) electrons. The maximum absolute atomic E-state index is 12.8. The summed E-state index contributed by atoms with van der Waals surface area (Å²) in [5.41, 5.74) is 1.28. The number of hydrogen-bond acceptors (Lipinski definition) is 4. The predicted octanol–water partition coefficient (Wildman–Crippen LogP) is 5.02. The van der Waals surface area contributed by atoms with Crippen molar-refractivity contribution in [2.24, 2.45) is 0 Å². The molecule has 1 N–H and O–H groups in total. The minimum Gasteiger partial charge on any atom is -0.378 e. The first-order valence-electron chi connectivity index (χ1n) is 11.8. The minimum atomic E-state index is 0.0157. The first kappa shape index (κ1) is 25.3. The highest BCUT2D eigenvalue weighted by Gasteiger charge is 2.27. The van der Waals surface area contributed by atoms with Gasteiger partial charge in [-0.3, -0.25) is 9.59 Å². The molecule has 1 saturated carbocycles. The molecule has 1 aliphatic carbocycles. The van der Waals surface area contributed by atoms with E-state index in [2.05, 4.69) is 11.9 Å². The van der Waals surface area contributed by atoms with Crippen molar-refractivity contribution in [1.82, 2.24) is 10.2 Å². The van der Waals surface area contributed by atoms with Crippen molar-refractivity contribution in [2.45, 2.75) is 76.9 Å². The Morgan fingerprint density at radius 2 is 1.68 bits per heavy atom. The summed E-state index contributed by atoms with van der Waals surface area (Å²) in [5.74, 6) is 0.0420. The number of unbranched alkanes of at least 4 members (excludes halogenated alkanes) is 3. The highest BCUT2D eigenvalue weighted by atomic mass is 16.5. The van der Waals surface area contributed by atoms with Gasteiger partial charge in [0.15, 0.2) is 5.78 Å². The second-order valence-electron chi connectivity index (χ2n) is 8.59. The lowest BCUT2D eigenvalue weighted by Crippen LogP contribution is -2.40. The van der Waals surface area contributed by atoms with Crippen molar-refractivity contribution in [2.75, 3.05) is 26.7 Å². The largest absolute Gasteiger partial charge is 0.378 e. The Hall–Kier alpha value is -1.98. The molecule has 31 heavy (non-hydrogen) atoms. The van der Waals surface area contributed by atoms with E-state index in [1.165, 1.54) is 26.2 Å². The van der Waals surface area contributed by atoms with Crippen LogP contribution < -0.4 is 5.32 Å². The van der Waals surface area contributed by atoms with Gasteiger partial charge in [-0.05, 0) is 77.1 Å². The van der Waals surface area contributed by atoms with E-state index in [0.717, 1.165) is 58.2 Å².